The topological polar surface area (TPSA) is 55.4 Å². The van der Waals surface area contributed by atoms with Crippen LogP contribution in [0.25, 0.3) is 0 Å². The number of esters is 1. The second kappa shape index (κ2) is 7.64. The SMILES string of the molecule is CCOC(=O)C1(C(=O)NCc2cc(F)cc(F)c2)CC1c1ccc(Cl)cc1. The maximum Gasteiger partial charge on any atom is 0.322 e. The first-order valence-corrected chi connectivity index (χ1v) is 8.90. The molecule has 142 valence electrons. The third-order valence-corrected chi connectivity index (χ3v) is 4.91. The Balaban J connectivity index is 1.78. The van der Waals surface area contributed by atoms with E-state index in [-0.39, 0.29) is 24.6 Å². The van der Waals surface area contributed by atoms with Gasteiger partial charge in [0.05, 0.1) is 6.61 Å². The van der Waals surface area contributed by atoms with E-state index in [1.165, 1.54) is 0 Å². The Morgan fingerprint density at radius 2 is 1.81 bits per heavy atom. The average Bonchev–Trinajstić information content (AvgIpc) is 3.37. The number of carbonyl (C=O) groups excluding carboxylic acids is 2. The van der Waals surface area contributed by atoms with Crippen molar-refractivity contribution in [3.8, 4) is 0 Å². The van der Waals surface area contributed by atoms with E-state index >= 15 is 0 Å². The summed E-state index contributed by atoms with van der Waals surface area (Å²) in [6, 6.07) is 9.93. The molecule has 1 fully saturated rings. The molecule has 1 aliphatic carbocycles. The van der Waals surface area contributed by atoms with E-state index in [2.05, 4.69) is 5.32 Å². The van der Waals surface area contributed by atoms with E-state index in [9.17, 15) is 18.4 Å². The van der Waals surface area contributed by atoms with Crippen molar-refractivity contribution in [2.75, 3.05) is 6.61 Å². The molecule has 1 amide bonds. The number of benzene rings is 2. The highest BCUT2D eigenvalue weighted by Gasteiger charge is 2.67. The van der Waals surface area contributed by atoms with Gasteiger partial charge >= 0.3 is 5.97 Å². The summed E-state index contributed by atoms with van der Waals surface area (Å²) in [5, 5.41) is 3.16. The van der Waals surface area contributed by atoms with Crippen molar-refractivity contribution < 1.29 is 23.1 Å². The van der Waals surface area contributed by atoms with Gasteiger partial charge in [0, 0.05) is 23.6 Å². The molecule has 0 bridgehead atoms. The standard InChI is InChI=1S/C20H18ClF2NO3/c1-2-27-19(26)20(10-17(20)13-3-5-14(21)6-4-13)18(25)24-11-12-7-15(22)9-16(23)8-12/h3-9,17H,2,10-11H2,1H3,(H,24,25). The number of hydrogen-bond acceptors (Lipinski definition) is 3. The predicted molar refractivity (Wildman–Crippen MR) is 96.1 cm³/mol. The number of carbonyl (C=O) groups is 2. The van der Waals surface area contributed by atoms with Crippen LogP contribution in [0.15, 0.2) is 42.5 Å². The molecule has 1 aliphatic rings. The molecule has 2 atom stereocenters. The molecule has 0 spiro atoms. The van der Waals surface area contributed by atoms with E-state index in [4.69, 9.17) is 16.3 Å². The van der Waals surface area contributed by atoms with Crippen LogP contribution in [0.5, 0.6) is 0 Å². The Labute approximate surface area is 160 Å². The molecule has 0 radical (unpaired) electrons. The minimum atomic E-state index is -1.34. The largest absolute Gasteiger partial charge is 0.465 e. The van der Waals surface area contributed by atoms with Crippen LogP contribution in [-0.4, -0.2) is 18.5 Å². The van der Waals surface area contributed by atoms with Crippen molar-refractivity contribution in [2.45, 2.75) is 25.8 Å². The summed E-state index contributed by atoms with van der Waals surface area (Å²) in [7, 11) is 0. The van der Waals surface area contributed by atoms with Crippen LogP contribution >= 0.6 is 11.6 Å². The van der Waals surface area contributed by atoms with Gasteiger partial charge in [0.15, 0.2) is 5.41 Å². The summed E-state index contributed by atoms with van der Waals surface area (Å²) in [6.45, 7) is 1.72. The average molecular weight is 394 g/mol. The predicted octanol–water partition coefficient (Wildman–Crippen LogP) is 3.97. The van der Waals surface area contributed by atoms with E-state index in [0.717, 1.165) is 23.8 Å². The summed E-state index contributed by atoms with van der Waals surface area (Å²) in [5.41, 5.74) is -0.265. The van der Waals surface area contributed by atoms with Gasteiger partial charge in [-0.2, -0.15) is 0 Å². The van der Waals surface area contributed by atoms with Gasteiger partial charge < -0.3 is 10.1 Å². The first-order valence-electron chi connectivity index (χ1n) is 8.52. The highest BCUT2D eigenvalue weighted by Crippen LogP contribution is 2.60. The molecule has 7 heteroatoms. The first-order chi connectivity index (χ1) is 12.9. The van der Waals surface area contributed by atoms with E-state index in [0.29, 0.717) is 11.4 Å². The Hall–Kier alpha value is -2.47. The molecule has 0 heterocycles. The maximum atomic E-state index is 13.3. The summed E-state index contributed by atoms with van der Waals surface area (Å²) < 4.78 is 31.7. The van der Waals surface area contributed by atoms with Crippen LogP contribution in [0.3, 0.4) is 0 Å². The van der Waals surface area contributed by atoms with E-state index in [1.807, 2.05) is 0 Å². The van der Waals surface area contributed by atoms with Gasteiger partial charge in [-0.3, -0.25) is 9.59 Å². The fourth-order valence-corrected chi connectivity index (χ4v) is 3.37. The van der Waals surface area contributed by atoms with Crippen molar-refractivity contribution in [3.05, 3.63) is 70.2 Å². The fraction of sp³-hybridized carbons (Fsp3) is 0.300. The number of nitrogens with one attached hydrogen (secondary N) is 1. The van der Waals surface area contributed by atoms with Crippen LogP contribution in [0, 0.1) is 17.0 Å². The lowest BCUT2D eigenvalue weighted by atomic mass is 9.97. The second-order valence-corrected chi connectivity index (χ2v) is 6.90. The van der Waals surface area contributed by atoms with Crippen molar-refractivity contribution >= 4 is 23.5 Å². The van der Waals surface area contributed by atoms with Crippen molar-refractivity contribution in [1.82, 2.24) is 5.32 Å². The Morgan fingerprint density at radius 1 is 1.19 bits per heavy atom. The van der Waals surface area contributed by atoms with Crippen LogP contribution < -0.4 is 5.32 Å². The van der Waals surface area contributed by atoms with Crippen molar-refractivity contribution in [3.63, 3.8) is 0 Å². The zero-order valence-electron chi connectivity index (χ0n) is 14.6. The van der Waals surface area contributed by atoms with Crippen LogP contribution in [-0.2, 0) is 20.9 Å². The molecule has 27 heavy (non-hydrogen) atoms. The number of amides is 1. The molecule has 0 aromatic heterocycles. The lowest BCUT2D eigenvalue weighted by molar-refractivity contribution is -0.154. The first kappa shape index (κ1) is 19.3. The number of rotatable bonds is 6. The number of hydrogen-bond donors (Lipinski definition) is 1. The van der Waals surface area contributed by atoms with Gasteiger partial charge in [0.1, 0.15) is 11.6 Å². The third kappa shape index (κ3) is 3.95. The molecular weight excluding hydrogens is 376 g/mol. The highest BCUT2D eigenvalue weighted by molar-refractivity contribution is 6.30. The molecule has 1 N–H and O–H groups in total. The maximum absolute atomic E-state index is 13.3. The molecule has 1 saturated carbocycles. The Morgan fingerprint density at radius 3 is 2.41 bits per heavy atom. The lowest BCUT2D eigenvalue weighted by Crippen LogP contribution is -2.39. The number of ether oxygens (including phenoxy) is 1. The van der Waals surface area contributed by atoms with Gasteiger partial charge in [-0.05, 0) is 48.7 Å². The van der Waals surface area contributed by atoms with Crippen LogP contribution in [0.2, 0.25) is 5.02 Å². The Bertz CT molecular complexity index is 852. The smallest absolute Gasteiger partial charge is 0.322 e. The van der Waals surface area contributed by atoms with Gasteiger partial charge in [-0.1, -0.05) is 23.7 Å². The Kier molecular flexibility index (Phi) is 5.46. The van der Waals surface area contributed by atoms with Crippen LogP contribution in [0.4, 0.5) is 8.78 Å². The molecule has 2 unspecified atom stereocenters. The molecule has 0 saturated heterocycles. The number of halogens is 3. The van der Waals surface area contributed by atoms with Crippen molar-refractivity contribution in [2.24, 2.45) is 5.41 Å². The van der Waals surface area contributed by atoms with Gasteiger partial charge in [0.25, 0.3) is 0 Å². The molecule has 2 aromatic rings. The molecule has 4 nitrogen and oxygen atoms in total. The lowest BCUT2D eigenvalue weighted by Gasteiger charge is -2.16. The summed E-state index contributed by atoms with van der Waals surface area (Å²) in [4.78, 5) is 25.3. The third-order valence-electron chi connectivity index (χ3n) is 4.65. The molecule has 2 aromatic carbocycles. The zero-order chi connectivity index (χ0) is 19.6. The monoisotopic (exact) mass is 393 g/mol. The van der Waals surface area contributed by atoms with Gasteiger partial charge in [0.2, 0.25) is 5.91 Å². The van der Waals surface area contributed by atoms with Gasteiger partial charge in [-0.15, -0.1) is 0 Å². The minimum absolute atomic E-state index is 0.0952. The van der Waals surface area contributed by atoms with Crippen molar-refractivity contribution in [1.29, 1.82) is 0 Å². The molecule has 3 rings (SSSR count). The summed E-state index contributed by atoms with van der Waals surface area (Å²) >= 11 is 5.89. The normalized spacial score (nSPS) is 20.8. The zero-order valence-corrected chi connectivity index (χ0v) is 15.4. The molecule has 0 aliphatic heterocycles. The quantitative estimate of drug-likeness (QED) is 0.596. The fourth-order valence-electron chi connectivity index (χ4n) is 3.24. The molecular formula is C20H18ClF2NO3. The van der Waals surface area contributed by atoms with Crippen LogP contribution in [0.1, 0.15) is 30.4 Å². The second-order valence-electron chi connectivity index (χ2n) is 6.46. The minimum Gasteiger partial charge on any atom is -0.465 e. The summed E-state index contributed by atoms with van der Waals surface area (Å²) in [6.07, 6.45) is 0.302. The van der Waals surface area contributed by atoms with Gasteiger partial charge in [-0.25, -0.2) is 8.78 Å². The van der Waals surface area contributed by atoms with E-state index < -0.39 is 28.9 Å². The summed E-state index contributed by atoms with van der Waals surface area (Å²) in [5.74, 6) is -2.92. The van der Waals surface area contributed by atoms with E-state index in [1.54, 1.807) is 31.2 Å². The highest BCUT2D eigenvalue weighted by atomic mass is 35.5.